The number of nitrogens with zero attached hydrogens (tertiary/aromatic N) is 6. The maximum Gasteiger partial charge on any atom is 2.00 e. The summed E-state index contributed by atoms with van der Waals surface area (Å²) in [4.78, 5) is 25.5. The van der Waals surface area contributed by atoms with Crippen molar-refractivity contribution in [3.8, 4) is 22.5 Å². The number of fused-ring (bicyclic) bond motifs is 6. The van der Waals surface area contributed by atoms with Crippen molar-refractivity contribution in [2.24, 2.45) is 0 Å². The largest absolute Gasteiger partial charge is 2.00 e. The SMILES string of the molecule is Fc1c[c-]c(-c2ccccn2)cc1.Fc1c[c-]c(-c2ccccn2)cc1.[Pt+2].[Pt+2].c1ccc2c(c1)[n-]c1ncccc12.c1ccc2c(c1)[n-]c1ncccc12. The van der Waals surface area contributed by atoms with Crippen LogP contribution in [0.15, 0.2) is 170 Å². The molecular weight excluding hydrogens is 1040 g/mol. The van der Waals surface area contributed by atoms with E-state index in [1.807, 2.05) is 84.9 Å². The van der Waals surface area contributed by atoms with E-state index in [2.05, 4.69) is 66.3 Å². The monoisotopic (exact) mass is 1070 g/mol. The summed E-state index contributed by atoms with van der Waals surface area (Å²) in [6.07, 6.45) is 6.95. The third-order valence-electron chi connectivity index (χ3n) is 7.85. The smallest absolute Gasteiger partial charge is 0.442 e. The van der Waals surface area contributed by atoms with Crippen LogP contribution in [0.2, 0.25) is 0 Å². The second-order valence-electron chi connectivity index (χ2n) is 11.3. The van der Waals surface area contributed by atoms with Gasteiger partial charge in [0.25, 0.3) is 0 Å². The molecule has 0 spiro atoms. The van der Waals surface area contributed by atoms with E-state index in [-0.39, 0.29) is 53.8 Å². The second-order valence-corrected chi connectivity index (χ2v) is 11.3. The van der Waals surface area contributed by atoms with Crippen LogP contribution in [0.25, 0.3) is 66.4 Å². The molecule has 0 atom stereocenters. The molecule has 54 heavy (non-hydrogen) atoms. The first-order valence-electron chi connectivity index (χ1n) is 16.3. The van der Waals surface area contributed by atoms with Gasteiger partial charge in [-0.2, -0.15) is 0 Å². The van der Waals surface area contributed by atoms with Gasteiger partial charge in [0.2, 0.25) is 0 Å². The van der Waals surface area contributed by atoms with Crippen molar-refractivity contribution < 1.29 is 50.9 Å². The van der Waals surface area contributed by atoms with E-state index < -0.39 is 0 Å². The standard InChI is InChI=1S/2C11H7FN.2C11H7N2.2Pt/c2*12-10-6-4-9(5-7-10)11-3-1-2-8-13-11;2*1-2-6-10-8(4-1)9-5-3-7-12-11(9)13-10;;/h2*1-4,6-8H;2*1-7H;;/q4*-1;2*+2. The minimum absolute atomic E-state index is 0. The number of halogens is 2. The average Bonchev–Trinajstić information content (AvgIpc) is 3.79. The Bertz CT molecular complexity index is 2360. The molecule has 0 aliphatic rings. The molecule has 0 aliphatic carbocycles. The summed E-state index contributed by atoms with van der Waals surface area (Å²) >= 11 is 0. The Morgan fingerprint density at radius 2 is 0.778 bits per heavy atom. The maximum absolute atomic E-state index is 12.6. The minimum Gasteiger partial charge on any atom is -0.442 e. The molecule has 0 saturated heterocycles. The van der Waals surface area contributed by atoms with Gasteiger partial charge in [-0.15, -0.1) is 59.7 Å². The van der Waals surface area contributed by atoms with E-state index in [1.54, 1.807) is 36.9 Å². The van der Waals surface area contributed by atoms with Crippen LogP contribution in [0.3, 0.4) is 0 Å². The van der Waals surface area contributed by atoms with Gasteiger partial charge in [-0.1, -0.05) is 121 Å². The van der Waals surface area contributed by atoms with E-state index in [9.17, 15) is 8.78 Å². The quantitative estimate of drug-likeness (QED) is 0.161. The maximum atomic E-state index is 12.6. The first-order valence-corrected chi connectivity index (χ1v) is 16.3. The molecule has 10 heteroatoms. The van der Waals surface area contributed by atoms with Gasteiger partial charge in [-0.3, -0.25) is 8.78 Å². The number of rotatable bonds is 2. The number of para-hydroxylation sites is 2. The summed E-state index contributed by atoms with van der Waals surface area (Å²) in [5.41, 5.74) is 6.95. The van der Waals surface area contributed by atoms with E-state index in [0.29, 0.717) is 0 Å². The van der Waals surface area contributed by atoms with Crippen molar-refractivity contribution in [3.63, 3.8) is 0 Å². The van der Waals surface area contributed by atoms with Crippen LogP contribution in [0, 0.1) is 23.8 Å². The van der Waals surface area contributed by atoms with E-state index >= 15 is 0 Å². The molecule has 0 bridgehead atoms. The molecule has 6 nitrogen and oxygen atoms in total. The van der Waals surface area contributed by atoms with Crippen LogP contribution < -0.4 is 9.97 Å². The van der Waals surface area contributed by atoms with Crippen LogP contribution in [-0.4, -0.2) is 19.9 Å². The molecule has 0 fully saturated rings. The molecule has 0 saturated carbocycles. The van der Waals surface area contributed by atoms with Crippen LogP contribution in [-0.2, 0) is 42.1 Å². The summed E-state index contributed by atoms with van der Waals surface area (Å²) in [7, 11) is 0. The Morgan fingerprint density at radius 1 is 0.389 bits per heavy atom. The van der Waals surface area contributed by atoms with Crippen molar-refractivity contribution in [1.29, 1.82) is 0 Å². The predicted octanol–water partition coefficient (Wildman–Crippen LogP) is 10.1. The molecule has 4 aromatic carbocycles. The number of hydrogen-bond acceptors (Lipinski definition) is 4. The Morgan fingerprint density at radius 3 is 1.17 bits per heavy atom. The van der Waals surface area contributed by atoms with Gasteiger partial charge in [-0.05, 0) is 56.1 Å². The molecule has 10 aromatic rings. The topological polar surface area (TPSA) is 79.8 Å². The van der Waals surface area contributed by atoms with Gasteiger partial charge in [0.05, 0.1) is 0 Å². The molecule has 6 heterocycles. The molecular formula is C44H28F2N6Pt2. The molecule has 0 aliphatic heterocycles. The summed E-state index contributed by atoms with van der Waals surface area (Å²) in [6.45, 7) is 0. The first kappa shape index (κ1) is 39.5. The Labute approximate surface area is 339 Å². The first-order chi connectivity index (χ1) is 25.6. The van der Waals surface area contributed by atoms with Crippen LogP contribution in [0.1, 0.15) is 0 Å². The minimum atomic E-state index is -0.278. The summed E-state index contributed by atoms with van der Waals surface area (Å²) in [5.74, 6) is -0.556. The van der Waals surface area contributed by atoms with Crippen molar-refractivity contribution in [3.05, 3.63) is 194 Å². The second kappa shape index (κ2) is 19.4. The van der Waals surface area contributed by atoms with Crippen LogP contribution in [0.4, 0.5) is 8.78 Å². The van der Waals surface area contributed by atoms with Gasteiger partial charge >= 0.3 is 42.1 Å². The third-order valence-corrected chi connectivity index (χ3v) is 7.85. The molecule has 0 N–H and O–H groups in total. The Kier molecular flexibility index (Phi) is 14.2. The third kappa shape index (κ3) is 9.84. The molecule has 268 valence electrons. The molecule has 0 amide bonds. The summed E-state index contributed by atoms with van der Waals surface area (Å²) in [5, 5.41) is 4.65. The predicted molar refractivity (Wildman–Crippen MR) is 202 cm³/mol. The normalized spacial score (nSPS) is 10.1. The van der Waals surface area contributed by atoms with Gasteiger partial charge in [0.1, 0.15) is 0 Å². The number of pyridine rings is 4. The Hall–Kier alpha value is -5.68. The zero-order valence-corrected chi connectivity index (χ0v) is 32.8. The summed E-state index contributed by atoms with van der Waals surface area (Å²) < 4.78 is 25.1. The fourth-order valence-electron chi connectivity index (χ4n) is 5.39. The van der Waals surface area contributed by atoms with Crippen molar-refractivity contribution in [2.75, 3.05) is 0 Å². The number of aromatic nitrogens is 6. The van der Waals surface area contributed by atoms with Gasteiger partial charge in [0.15, 0.2) is 0 Å². The number of benzene rings is 4. The molecule has 0 unspecified atom stereocenters. The van der Waals surface area contributed by atoms with Gasteiger partial charge < -0.3 is 29.9 Å². The van der Waals surface area contributed by atoms with Gasteiger partial charge in [0, 0.05) is 24.0 Å². The van der Waals surface area contributed by atoms with Crippen LogP contribution >= 0.6 is 0 Å². The van der Waals surface area contributed by atoms with Crippen molar-refractivity contribution in [2.45, 2.75) is 0 Å². The zero-order chi connectivity index (χ0) is 35.5. The van der Waals surface area contributed by atoms with Crippen LogP contribution in [0.5, 0.6) is 0 Å². The molecule has 6 aromatic heterocycles. The number of hydrogen-bond donors (Lipinski definition) is 0. The van der Waals surface area contributed by atoms with E-state index in [0.717, 1.165) is 55.6 Å². The molecule has 0 radical (unpaired) electrons. The summed E-state index contributed by atoms with van der Waals surface area (Å²) in [6, 6.07) is 49.8. The fourth-order valence-corrected chi connectivity index (χ4v) is 5.39. The fraction of sp³-hybridized carbons (Fsp3) is 0. The zero-order valence-electron chi connectivity index (χ0n) is 28.2. The Balaban J connectivity index is 0.000000137. The van der Waals surface area contributed by atoms with Crippen molar-refractivity contribution in [1.82, 2.24) is 29.9 Å². The molecule has 10 rings (SSSR count). The van der Waals surface area contributed by atoms with Crippen molar-refractivity contribution >= 4 is 43.9 Å². The van der Waals surface area contributed by atoms with Gasteiger partial charge in [-0.25, -0.2) is 0 Å². The van der Waals surface area contributed by atoms with E-state index in [4.69, 9.17) is 0 Å². The average molecular weight is 1070 g/mol. The van der Waals surface area contributed by atoms with E-state index in [1.165, 1.54) is 35.0 Å².